The molecule has 0 radical (unpaired) electrons. The van der Waals surface area contributed by atoms with Gasteiger partial charge in [-0.2, -0.15) is 24.9 Å². The van der Waals surface area contributed by atoms with Gasteiger partial charge in [0.25, 0.3) is 0 Å². The van der Waals surface area contributed by atoms with Crippen molar-refractivity contribution in [3.8, 4) is 5.75 Å². The molecule has 1 aliphatic rings. The molecule has 216 valence electrons. The zero-order chi connectivity index (χ0) is 28.1. The topological polar surface area (TPSA) is 23.5 Å². The molecule has 0 atom stereocenters. The molecule has 0 saturated heterocycles. The van der Waals surface area contributed by atoms with Gasteiger partial charge in [0.2, 0.25) is 0 Å². The van der Waals surface area contributed by atoms with Crippen LogP contribution in [0.1, 0.15) is 87.3 Å². The van der Waals surface area contributed by atoms with Crippen molar-refractivity contribution < 1.29 is 22.7 Å². The summed E-state index contributed by atoms with van der Waals surface area (Å²) in [6.45, 7) is 2.09. The van der Waals surface area contributed by atoms with Crippen LogP contribution in [-0.2, 0) is 6.42 Å². The van der Waals surface area contributed by atoms with Gasteiger partial charge in [0.1, 0.15) is 11.6 Å². The number of fused-ring (bicyclic) bond motifs is 1. The second-order valence-corrected chi connectivity index (χ2v) is 11.9. The Labute approximate surface area is 235 Å². The van der Waals surface area contributed by atoms with Crippen molar-refractivity contribution in [2.45, 2.75) is 83.2 Å². The van der Waals surface area contributed by atoms with Crippen LogP contribution in [0.4, 0.5) is 17.6 Å². The molecule has 0 aliphatic heterocycles. The Bertz CT molecular complexity index is 1040. The number of hydrogen-bond donors (Lipinski definition) is 1. The smallest absolute Gasteiger partial charge is 0.389 e. The number of phenolic OH excluding ortho intramolecular Hbond substituents is 1. The highest BCUT2D eigenvalue weighted by molar-refractivity contribution is 7.99. The lowest BCUT2D eigenvalue weighted by molar-refractivity contribution is -0.134. The van der Waals surface area contributed by atoms with Crippen LogP contribution in [0.5, 0.6) is 5.75 Å². The number of alkyl halides is 3. The van der Waals surface area contributed by atoms with E-state index in [-0.39, 0.29) is 12.2 Å². The Morgan fingerprint density at radius 1 is 0.846 bits per heavy atom. The Morgan fingerprint density at radius 3 is 2.28 bits per heavy atom. The molecule has 2 aromatic rings. The summed E-state index contributed by atoms with van der Waals surface area (Å²) in [5, 5.41) is 10.0. The van der Waals surface area contributed by atoms with Crippen molar-refractivity contribution in [1.29, 1.82) is 0 Å². The van der Waals surface area contributed by atoms with Gasteiger partial charge >= 0.3 is 6.18 Å². The van der Waals surface area contributed by atoms with Gasteiger partial charge in [0.15, 0.2) is 0 Å². The largest absolute Gasteiger partial charge is 0.508 e. The second-order valence-electron chi connectivity index (χ2n) is 10.7. The number of benzene rings is 2. The van der Waals surface area contributed by atoms with Crippen molar-refractivity contribution in [3.05, 3.63) is 65.0 Å². The van der Waals surface area contributed by atoms with Crippen LogP contribution >= 0.6 is 11.8 Å². The summed E-state index contributed by atoms with van der Waals surface area (Å²) in [6, 6.07) is 12.6. The molecule has 1 N–H and O–H groups in total. The van der Waals surface area contributed by atoms with Crippen LogP contribution in [-0.4, -0.2) is 47.8 Å². The van der Waals surface area contributed by atoms with Crippen LogP contribution < -0.4 is 0 Å². The summed E-state index contributed by atoms with van der Waals surface area (Å²) < 4.78 is 50.1. The number of phenols is 1. The molecule has 0 saturated carbocycles. The first-order valence-electron chi connectivity index (χ1n) is 14.4. The van der Waals surface area contributed by atoms with Gasteiger partial charge in [0.05, 0.1) is 0 Å². The third kappa shape index (κ3) is 11.6. The van der Waals surface area contributed by atoms with Crippen molar-refractivity contribution in [1.82, 2.24) is 4.90 Å². The van der Waals surface area contributed by atoms with Gasteiger partial charge in [-0.1, -0.05) is 31.0 Å². The van der Waals surface area contributed by atoms with E-state index in [0.29, 0.717) is 11.5 Å². The number of unbranched alkanes of at least 4 members (excludes halogenated alkanes) is 4. The Kier molecular flexibility index (Phi) is 13.2. The molecule has 0 amide bonds. The summed E-state index contributed by atoms with van der Waals surface area (Å²) in [6.07, 6.45) is 6.07. The molecule has 7 heteroatoms. The van der Waals surface area contributed by atoms with E-state index in [9.17, 15) is 22.7 Å². The SMILES string of the molecule is CN(CCCCCCC1=C(c2ccc(F)cc2)CCCc2cc(O)ccc21)CCCCSCCCC(F)(F)F. The van der Waals surface area contributed by atoms with Crippen molar-refractivity contribution >= 4 is 22.9 Å². The second kappa shape index (κ2) is 16.3. The molecule has 0 unspecified atom stereocenters. The van der Waals surface area contributed by atoms with Gasteiger partial charge in [-0.15, -0.1) is 0 Å². The third-order valence-corrected chi connectivity index (χ3v) is 8.54. The maximum Gasteiger partial charge on any atom is 0.389 e. The summed E-state index contributed by atoms with van der Waals surface area (Å²) >= 11 is 1.63. The number of nitrogens with zero attached hydrogens (tertiary/aromatic N) is 1. The van der Waals surface area contributed by atoms with E-state index in [0.717, 1.165) is 82.2 Å². The lowest BCUT2D eigenvalue weighted by atomic mass is 9.89. The average molecular weight is 566 g/mol. The van der Waals surface area contributed by atoms with E-state index in [2.05, 4.69) is 11.9 Å². The highest BCUT2D eigenvalue weighted by Crippen LogP contribution is 2.39. The molecule has 0 aromatic heterocycles. The highest BCUT2D eigenvalue weighted by Gasteiger charge is 2.25. The number of halogens is 4. The lowest BCUT2D eigenvalue weighted by Gasteiger charge is -2.17. The molecule has 39 heavy (non-hydrogen) atoms. The van der Waals surface area contributed by atoms with Gasteiger partial charge < -0.3 is 10.0 Å². The van der Waals surface area contributed by atoms with Gasteiger partial charge in [-0.05, 0) is 142 Å². The van der Waals surface area contributed by atoms with E-state index >= 15 is 0 Å². The number of aryl methyl sites for hydroxylation is 1. The number of rotatable bonds is 16. The van der Waals surface area contributed by atoms with Crippen molar-refractivity contribution in [2.75, 3.05) is 31.6 Å². The fraction of sp³-hybridized carbons (Fsp3) is 0.562. The van der Waals surface area contributed by atoms with E-state index in [1.165, 1.54) is 40.8 Å². The maximum absolute atomic E-state index is 13.6. The third-order valence-electron chi connectivity index (χ3n) is 7.39. The number of aromatic hydroxyl groups is 1. The fourth-order valence-corrected chi connectivity index (χ4v) is 6.28. The van der Waals surface area contributed by atoms with E-state index in [1.54, 1.807) is 17.8 Å². The van der Waals surface area contributed by atoms with Crippen LogP contribution in [0.2, 0.25) is 0 Å². The normalized spacial score (nSPS) is 14.1. The molecular formula is C32H43F4NOS. The first-order valence-corrected chi connectivity index (χ1v) is 15.5. The Morgan fingerprint density at radius 2 is 1.54 bits per heavy atom. The number of thioether (sulfide) groups is 1. The molecule has 0 bridgehead atoms. The Hall–Kier alpha value is -1.99. The van der Waals surface area contributed by atoms with Gasteiger partial charge in [-0.25, -0.2) is 4.39 Å². The Balaban J connectivity index is 1.39. The molecule has 0 spiro atoms. The highest BCUT2D eigenvalue weighted by atomic mass is 32.2. The summed E-state index contributed by atoms with van der Waals surface area (Å²) in [4.78, 5) is 2.36. The zero-order valence-electron chi connectivity index (χ0n) is 23.2. The van der Waals surface area contributed by atoms with E-state index in [1.807, 2.05) is 24.3 Å². The van der Waals surface area contributed by atoms with Crippen LogP contribution in [0, 0.1) is 5.82 Å². The molecule has 2 nitrogen and oxygen atoms in total. The minimum absolute atomic E-state index is 0.217. The molecule has 1 aliphatic carbocycles. The minimum Gasteiger partial charge on any atom is -0.508 e. The average Bonchev–Trinajstić information content (AvgIpc) is 3.06. The molecule has 0 heterocycles. The van der Waals surface area contributed by atoms with E-state index in [4.69, 9.17) is 0 Å². The summed E-state index contributed by atoms with van der Waals surface area (Å²) in [5.74, 6) is 1.61. The molecule has 3 rings (SSSR count). The minimum atomic E-state index is -4.03. The zero-order valence-corrected chi connectivity index (χ0v) is 24.0. The first-order chi connectivity index (χ1) is 18.7. The molecular weight excluding hydrogens is 522 g/mol. The summed E-state index contributed by atoms with van der Waals surface area (Å²) in [7, 11) is 2.15. The lowest BCUT2D eigenvalue weighted by Crippen LogP contribution is -2.21. The number of hydrogen-bond acceptors (Lipinski definition) is 3. The number of allylic oxidation sites excluding steroid dienone is 2. The first kappa shape index (κ1) is 31.5. The monoisotopic (exact) mass is 565 g/mol. The van der Waals surface area contributed by atoms with Gasteiger partial charge in [0, 0.05) is 6.42 Å². The maximum atomic E-state index is 13.6. The van der Waals surface area contributed by atoms with Crippen molar-refractivity contribution in [2.24, 2.45) is 0 Å². The predicted molar refractivity (Wildman–Crippen MR) is 157 cm³/mol. The van der Waals surface area contributed by atoms with E-state index < -0.39 is 12.6 Å². The van der Waals surface area contributed by atoms with Gasteiger partial charge in [-0.3, -0.25) is 0 Å². The van der Waals surface area contributed by atoms with Crippen LogP contribution in [0.25, 0.3) is 11.1 Å². The fourth-order valence-electron chi connectivity index (χ4n) is 5.32. The molecule has 0 fully saturated rings. The molecule has 2 aromatic carbocycles. The predicted octanol–water partition coefficient (Wildman–Crippen LogP) is 9.52. The quantitative estimate of drug-likeness (QED) is 0.162. The van der Waals surface area contributed by atoms with Crippen molar-refractivity contribution in [3.63, 3.8) is 0 Å². The van der Waals surface area contributed by atoms with Crippen LogP contribution in [0.3, 0.4) is 0 Å². The standard InChI is InChI=1S/C32H43F4NOS/c1-37(21-6-7-22-39-23-9-19-32(34,35)36)20-5-3-2-4-11-31-29(25-13-15-27(33)16-14-25)12-8-10-26-24-28(38)17-18-30(26)31/h13-18,24,38H,2-12,19-23H2,1H3. The van der Waals surface area contributed by atoms with Crippen LogP contribution in [0.15, 0.2) is 42.5 Å². The summed E-state index contributed by atoms with van der Waals surface area (Å²) in [5.41, 5.74) is 6.15.